The van der Waals surface area contributed by atoms with Gasteiger partial charge in [0.25, 0.3) is 0 Å². The number of piperidine rings is 1. The van der Waals surface area contributed by atoms with Crippen LogP contribution in [-0.2, 0) is 6.42 Å². The molecule has 0 radical (unpaired) electrons. The van der Waals surface area contributed by atoms with Crippen molar-refractivity contribution in [2.75, 3.05) is 11.4 Å². The van der Waals surface area contributed by atoms with Gasteiger partial charge in [0.1, 0.15) is 0 Å². The zero-order valence-electron chi connectivity index (χ0n) is 8.62. The Hall–Kier alpha value is -0.540. The van der Waals surface area contributed by atoms with Gasteiger partial charge in [0.15, 0.2) is 0 Å². The third kappa shape index (κ3) is 1.58. The van der Waals surface area contributed by atoms with Crippen LogP contribution in [0, 0.1) is 0 Å². The predicted octanol–water partition coefficient (Wildman–Crippen LogP) is 2.30. The molecule has 80 valence electrons. The Morgan fingerprint density at radius 2 is 2.27 bits per heavy atom. The zero-order chi connectivity index (χ0) is 10.4. The fourth-order valence-electron chi connectivity index (χ4n) is 2.84. The lowest BCUT2D eigenvalue weighted by atomic mass is 9.97. The van der Waals surface area contributed by atoms with Crippen molar-refractivity contribution < 1.29 is 0 Å². The summed E-state index contributed by atoms with van der Waals surface area (Å²) in [5.74, 6) is 0. The van der Waals surface area contributed by atoms with Crippen molar-refractivity contribution in [2.45, 2.75) is 31.3 Å². The van der Waals surface area contributed by atoms with Crippen LogP contribution in [0.4, 0.5) is 5.69 Å². The molecular weight excluding hydrogens is 252 g/mol. The van der Waals surface area contributed by atoms with E-state index in [1.165, 1.54) is 22.1 Å². The third-order valence-electron chi connectivity index (χ3n) is 3.56. The number of benzene rings is 1. The molecule has 2 nitrogen and oxygen atoms in total. The van der Waals surface area contributed by atoms with E-state index in [1.807, 2.05) is 0 Å². The summed E-state index contributed by atoms with van der Waals surface area (Å²) in [5, 5.41) is 0. The van der Waals surface area contributed by atoms with Gasteiger partial charge in [-0.3, -0.25) is 0 Å². The van der Waals surface area contributed by atoms with E-state index in [-0.39, 0.29) is 0 Å². The average Bonchev–Trinajstić information content (AvgIpc) is 2.53. The molecule has 2 heterocycles. The summed E-state index contributed by atoms with van der Waals surface area (Å²) in [4.78, 5) is 2.53. The van der Waals surface area contributed by atoms with Gasteiger partial charge in [0.2, 0.25) is 0 Å². The molecule has 0 spiro atoms. The van der Waals surface area contributed by atoms with Crippen LogP contribution in [0.5, 0.6) is 0 Å². The highest BCUT2D eigenvalue weighted by Crippen LogP contribution is 2.37. The second kappa shape index (κ2) is 3.49. The van der Waals surface area contributed by atoms with Gasteiger partial charge in [-0.15, -0.1) is 0 Å². The normalized spacial score (nSPS) is 28.8. The molecule has 1 saturated heterocycles. The number of fused-ring (bicyclic) bond motifs is 3. The van der Waals surface area contributed by atoms with Crippen LogP contribution in [0.1, 0.15) is 18.4 Å². The van der Waals surface area contributed by atoms with Crippen molar-refractivity contribution in [3.63, 3.8) is 0 Å². The molecule has 2 unspecified atom stereocenters. The van der Waals surface area contributed by atoms with Crippen LogP contribution in [0.2, 0.25) is 0 Å². The van der Waals surface area contributed by atoms with Crippen molar-refractivity contribution in [3.8, 4) is 0 Å². The molecule has 0 aromatic heterocycles. The van der Waals surface area contributed by atoms with E-state index in [4.69, 9.17) is 5.73 Å². The van der Waals surface area contributed by atoms with E-state index in [0.717, 1.165) is 19.4 Å². The first-order chi connectivity index (χ1) is 7.24. The summed E-state index contributed by atoms with van der Waals surface area (Å²) in [6, 6.07) is 7.67. The summed E-state index contributed by atoms with van der Waals surface area (Å²) in [7, 11) is 0. The highest BCUT2D eigenvalue weighted by Gasteiger charge is 2.33. The van der Waals surface area contributed by atoms with Crippen molar-refractivity contribution in [1.29, 1.82) is 0 Å². The van der Waals surface area contributed by atoms with Crippen molar-refractivity contribution in [3.05, 3.63) is 28.2 Å². The molecule has 0 bridgehead atoms. The van der Waals surface area contributed by atoms with Crippen LogP contribution in [0.15, 0.2) is 22.7 Å². The van der Waals surface area contributed by atoms with E-state index in [9.17, 15) is 0 Å². The second-order valence-electron chi connectivity index (χ2n) is 4.61. The van der Waals surface area contributed by atoms with Crippen LogP contribution in [-0.4, -0.2) is 18.6 Å². The Morgan fingerprint density at radius 3 is 3.13 bits per heavy atom. The minimum atomic E-state index is 0.406. The van der Waals surface area contributed by atoms with E-state index in [0.29, 0.717) is 12.1 Å². The lowest BCUT2D eigenvalue weighted by molar-refractivity contribution is 0.425. The van der Waals surface area contributed by atoms with Crippen molar-refractivity contribution in [2.24, 2.45) is 5.73 Å². The number of anilines is 1. The molecule has 2 aliphatic heterocycles. The van der Waals surface area contributed by atoms with Crippen LogP contribution in [0.25, 0.3) is 0 Å². The lowest BCUT2D eigenvalue weighted by Crippen LogP contribution is -2.45. The fraction of sp³-hybridized carbons (Fsp3) is 0.500. The maximum absolute atomic E-state index is 6.02. The van der Waals surface area contributed by atoms with Crippen LogP contribution >= 0.6 is 15.9 Å². The Labute approximate surface area is 98.6 Å². The predicted molar refractivity (Wildman–Crippen MR) is 66.2 cm³/mol. The van der Waals surface area contributed by atoms with E-state index in [2.05, 4.69) is 39.0 Å². The van der Waals surface area contributed by atoms with Gasteiger partial charge in [-0.05, 0) is 43.0 Å². The van der Waals surface area contributed by atoms with Gasteiger partial charge >= 0.3 is 0 Å². The van der Waals surface area contributed by atoms with Gasteiger partial charge in [-0.1, -0.05) is 15.9 Å². The molecule has 3 heteroatoms. The number of nitrogens with zero attached hydrogens (tertiary/aromatic N) is 1. The highest BCUT2D eigenvalue weighted by atomic mass is 79.9. The van der Waals surface area contributed by atoms with Crippen molar-refractivity contribution in [1.82, 2.24) is 0 Å². The monoisotopic (exact) mass is 266 g/mol. The largest absolute Gasteiger partial charge is 0.368 e. The Bertz CT molecular complexity index is 391. The third-order valence-corrected chi connectivity index (χ3v) is 4.06. The number of hydrogen-bond donors (Lipinski definition) is 1. The van der Waals surface area contributed by atoms with Gasteiger partial charge in [0, 0.05) is 28.8 Å². The van der Waals surface area contributed by atoms with Gasteiger partial charge in [-0.25, -0.2) is 0 Å². The Morgan fingerprint density at radius 1 is 1.40 bits per heavy atom. The molecule has 15 heavy (non-hydrogen) atoms. The number of halogens is 1. The minimum Gasteiger partial charge on any atom is -0.368 e. The lowest BCUT2D eigenvalue weighted by Gasteiger charge is -2.35. The van der Waals surface area contributed by atoms with Gasteiger partial charge in [-0.2, -0.15) is 0 Å². The molecule has 2 atom stereocenters. The molecule has 0 saturated carbocycles. The van der Waals surface area contributed by atoms with E-state index < -0.39 is 0 Å². The standard InChI is InChI=1S/C12H15BrN2/c13-9-1-2-12-8(5-9)6-11-7-10(14)3-4-15(11)12/h1-2,5,10-11H,3-4,6-7,14H2. The molecule has 3 rings (SSSR count). The Balaban J connectivity index is 1.95. The van der Waals surface area contributed by atoms with Gasteiger partial charge < -0.3 is 10.6 Å². The molecule has 1 fully saturated rings. The molecular formula is C12H15BrN2. The first-order valence-electron chi connectivity index (χ1n) is 5.54. The van der Waals surface area contributed by atoms with E-state index in [1.54, 1.807) is 0 Å². The smallest absolute Gasteiger partial charge is 0.0402 e. The summed E-state index contributed by atoms with van der Waals surface area (Å²) < 4.78 is 1.19. The number of hydrogen-bond acceptors (Lipinski definition) is 2. The first kappa shape index (κ1) is 9.67. The van der Waals surface area contributed by atoms with Crippen LogP contribution in [0.3, 0.4) is 0 Å². The molecule has 0 aliphatic carbocycles. The minimum absolute atomic E-state index is 0.406. The maximum Gasteiger partial charge on any atom is 0.0402 e. The zero-order valence-corrected chi connectivity index (χ0v) is 10.2. The Kier molecular flexibility index (Phi) is 2.25. The topological polar surface area (TPSA) is 29.3 Å². The molecule has 2 N–H and O–H groups in total. The highest BCUT2D eigenvalue weighted by molar-refractivity contribution is 9.10. The fourth-order valence-corrected chi connectivity index (χ4v) is 3.25. The SMILES string of the molecule is NC1CCN2c3ccc(Br)cc3CC2C1. The molecule has 0 amide bonds. The average molecular weight is 267 g/mol. The summed E-state index contributed by atoms with van der Waals surface area (Å²) in [6.07, 6.45) is 3.45. The van der Waals surface area contributed by atoms with E-state index >= 15 is 0 Å². The molecule has 1 aromatic rings. The summed E-state index contributed by atoms with van der Waals surface area (Å²) in [6.45, 7) is 1.13. The maximum atomic E-state index is 6.02. The molecule has 2 aliphatic rings. The number of nitrogens with two attached hydrogens (primary N) is 1. The quantitative estimate of drug-likeness (QED) is 0.781. The first-order valence-corrected chi connectivity index (χ1v) is 6.34. The van der Waals surface area contributed by atoms with Gasteiger partial charge in [0.05, 0.1) is 0 Å². The van der Waals surface area contributed by atoms with Crippen LogP contribution < -0.4 is 10.6 Å². The summed E-state index contributed by atoms with van der Waals surface area (Å²) >= 11 is 3.53. The number of rotatable bonds is 0. The summed E-state index contributed by atoms with van der Waals surface area (Å²) in [5.41, 5.74) is 8.92. The van der Waals surface area contributed by atoms with Crippen molar-refractivity contribution >= 4 is 21.6 Å². The second-order valence-corrected chi connectivity index (χ2v) is 5.52. The molecule has 1 aromatic carbocycles.